The summed E-state index contributed by atoms with van der Waals surface area (Å²) >= 11 is 0. The summed E-state index contributed by atoms with van der Waals surface area (Å²) in [4.78, 5) is 10.3. The number of aliphatic hydroxyl groups is 2. The highest BCUT2D eigenvalue weighted by atomic mass is 31.1. The first-order valence-corrected chi connectivity index (χ1v) is 13.7. The average molecular weight is 508 g/mol. The summed E-state index contributed by atoms with van der Waals surface area (Å²) in [6.45, 7) is 0.728. The van der Waals surface area contributed by atoms with Crippen molar-refractivity contribution in [3.63, 3.8) is 0 Å². The van der Waals surface area contributed by atoms with Crippen molar-refractivity contribution >= 4 is 8.03 Å². The Kier molecular flexibility index (Phi) is 10.9. The smallest absolute Gasteiger partial charge is 0.198 e. The van der Waals surface area contributed by atoms with Gasteiger partial charge in [0, 0.05) is 12.1 Å². The van der Waals surface area contributed by atoms with E-state index in [4.69, 9.17) is 9.47 Å². The zero-order valence-electron chi connectivity index (χ0n) is 20.1. The van der Waals surface area contributed by atoms with Crippen molar-refractivity contribution in [2.24, 2.45) is 0 Å². The topological polar surface area (TPSA) is 128 Å². The number of benzene rings is 2. The van der Waals surface area contributed by atoms with Gasteiger partial charge in [-0.2, -0.15) is 0 Å². The van der Waals surface area contributed by atoms with E-state index < -0.39 is 19.3 Å². The number of para-hydroxylation sites is 1. The molecule has 2 aromatic carbocycles. The molecule has 8 nitrogen and oxygen atoms in total. The van der Waals surface area contributed by atoms with Gasteiger partial charge in [-0.3, -0.25) is 4.57 Å². The molecule has 1 aliphatic rings. The van der Waals surface area contributed by atoms with Gasteiger partial charge in [-0.1, -0.05) is 37.5 Å². The Morgan fingerprint density at radius 3 is 2.49 bits per heavy atom. The molecule has 3 unspecified atom stereocenters. The van der Waals surface area contributed by atoms with Gasteiger partial charge in [0.25, 0.3) is 0 Å². The van der Waals surface area contributed by atoms with Gasteiger partial charge in [0.2, 0.25) is 0 Å². The lowest BCUT2D eigenvalue weighted by Crippen LogP contribution is -2.45. The van der Waals surface area contributed by atoms with Crippen molar-refractivity contribution in [3.05, 3.63) is 54.1 Å². The van der Waals surface area contributed by atoms with E-state index in [9.17, 15) is 24.8 Å². The molecule has 35 heavy (non-hydrogen) atoms. The Balaban J connectivity index is 1.47. The van der Waals surface area contributed by atoms with E-state index >= 15 is 0 Å². The van der Waals surface area contributed by atoms with E-state index in [0.29, 0.717) is 49.4 Å². The van der Waals surface area contributed by atoms with Crippen molar-refractivity contribution in [1.82, 2.24) is 5.32 Å². The highest BCUT2D eigenvalue weighted by Crippen LogP contribution is 2.51. The zero-order chi connectivity index (χ0) is 25.1. The minimum absolute atomic E-state index is 0.00178. The fourth-order valence-electron chi connectivity index (χ4n) is 4.68. The normalized spacial score (nSPS) is 17.9. The average Bonchev–Trinajstić information content (AvgIpc) is 2.88. The molecule has 1 saturated carbocycles. The van der Waals surface area contributed by atoms with Gasteiger partial charge >= 0.3 is 0 Å². The molecule has 1 aliphatic carbocycles. The summed E-state index contributed by atoms with van der Waals surface area (Å²) < 4.78 is 24.4. The molecule has 0 amide bonds. The molecule has 2 aromatic rings. The first-order valence-electron chi connectivity index (χ1n) is 12.3. The van der Waals surface area contributed by atoms with Crippen LogP contribution in [0.2, 0.25) is 0 Å². The quantitative estimate of drug-likeness (QED) is 0.194. The standard InChI is InChI=1S/C26H38NO7P/c28-18-20-16-23(11-12-24(20)30)33-19-21(29)17-27-15-7-10-25(34-22-8-3-1-4-9-22)26(35(31)32)13-5-2-6-14-26/h1,3-4,8-9,11-12,16,21,25,27-30,35H,2,5-7,10,13-15,17-19H2,(H,31,32). The molecule has 0 heterocycles. The van der Waals surface area contributed by atoms with Crippen molar-refractivity contribution in [2.45, 2.75) is 68.9 Å². The Morgan fingerprint density at radius 1 is 1.06 bits per heavy atom. The minimum atomic E-state index is -2.79. The van der Waals surface area contributed by atoms with Crippen LogP contribution in [0.4, 0.5) is 0 Å². The second kappa shape index (κ2) is 13.9. The van der Waals surface area contributed by atoms with Gasteiger partial charge in [-0.25, -0.2) is 0 Å². The van der Waals surface area contributed by atoms with Crippen LogP contribution in [-0.2, 0) is 11.2 Å². The number of ether oxygens (including phenoxy) is 2. The van der Waals surface area contributed by atoms with Gasteiger partial charge in [0.1, 0.15) is 36.1 Å². The number of hydrogen-bond donors (Lipinski definition) is 5. The van der Waals surface area contributed by atoms with E-state index in [1.807, 2.05) is 30.3 Å². The number of rotatable bonds is 14. The maximum atomic E-state index is 12.5. The fraction of sp³-hybridized carbons (Fsp3) is 0.538. The summed E-state index contributed by atoms with van der Waals surface area (Å²) in [5, 5.41) is 31.6. The lowest BCUT2D eigenvalue weighted by atomic mass is 9.82. The highest BCUT2D eigenvalue weighted by molar-refractivity contribution is 7.40. The molecule has 3 atom stereocenters. The Hall–Kier alpha value is -2.09. The van der Waals surface area contributed by atoms with Crippen molar-refractivity contribution in [3.8, 4) is 17.2 Å². The van der Waals surface area contributed by atoms with E-state index in [1.54, 1.807) is 6.07 Å². The predicted octanol–water partition coefficient (Wildman–Crippen LogP) is 3.61. The lowest BCUT2D eigenvalue weighted by molar-refractivity contribution is 0.101. The summed E-state index contributed by atoms with van der Waals surface area (Å²) in [6, 6.07) is 14.0. The summed E-state index contributed by atoms with van der Waals surface area (Å²) in [6.07, 6.45) is 4.68. The summed E-state index contributed by atoms with van der Waals surface area (Å²) in [5.41, 5.74) is 0.364. The van der Waals surface area contributed by atoms with E-state index in [1.165, 1.54) is 12.1 Å². The third-order valence-corrected chi connectivity index (χ3v) is 8.35. The van der Waals surface area contributed by atoms with Crippen molar-refractivity contribution < 1.29 is 34.3 Å². The highest BCUT2D eigenvalue weighted by Gasteiger charge is 2.45. The van der Waals surface area contributed by atoms with E-state index in [0.717, 1.165) is 25.7 Å². The molecule has 9 heteroatoms. The first kappa shape index (κ1) is 27.5. The van der Waals surface area contributed by atoms with Gasteiger partial charge < -0.3 is 35.0 Å². The predicted molar refractivity (Wildman–Crippen MR) is 136 cm³/mol. The molecular weight excluding hydrogens is 469 g/mol. The Bertz CT molecular complexity index is 921. The van der Waals surface area contributed by atoms with Gasteiger partial charge in [-0.15, -0.1) is 0 Å². The van der Waals surface area contributed by atoms with Crippen LogP contribution in [0.5, 0.6) is 17.2 Å². The summed E-state index contributed by atoms with van der Waals surface area (Å²) in [5.74, 6) is 1.17. The largest absolute Gasteiger partial charge is 0.508 e. The molecule has 1 fully saturated rings. The number of hydrogen-bond acceptors (Lipinski definition) is 7. The van der Waals surface area contributed by atoms with Crippen LogP contribution < -0.4 is 14.8 Å². The number of aromatic hydroxyl groups is 1. The van der Waals surface area contributed by atoms with Crippen LogP contribution in [-0.4, -0.2) is 57.3 Å². The molecule has 3 rings (SSSR count). The van der Waals surface area contributed by atoms with Crippen LogP contribution in [0.25, 0.3) is 0 Å². The minimum Gasteiger partial charge on any atom is -0.508 e. The van der Waals surface area contributed by atoms with Crippen LogP contribution >= 0.6 is 8.03 Å². The van der Waals surface area contributed by atoms with Gasteiger partial charge in [0.15, 0.2) is 8.03 Å². The molecule has 0 aliphatic heterocycles. The SMILES string of the molecule is O=[PH](O)C1(C(CCCNCC(O)COc2ccc(O)c(CO)c2)Oc2ccccc2)CCCCC1. The van der Waals surface area contributed by atoms with Crippen LogP contribution in [0.15, 0.2) is 48.5 Å². The third kappa shape index (κ3) is 7.95. The van der Waals surface area contributed by atoms with Crippen LogP contribution in [0, 0.1) is 0 Å². The van der Waals surface area contributed by atoms with Crippen molar-refractivity contribution in [1.29, 1.82) is 0 Å². The maximum absolute atomic E-state index is 12.5. The molecule has 0 bridgehead atoms. The number of phenols is 1. The number of aliphatic hydroxyl groups excluding tert-OH is 2. The second-order valence-electron chi connectivity index (χ2n) is 9.20. The lowest BCUT2D eigenvalue weighted by Gasteiger charge is -2.41. The van der Waals surface area contributed by atoms with Crippen LogP contribution in [0.1, 0.15) is 50.5 Å². The monoisotopic (exact) mass is 507 g/mol. The maximum Gasteiger partial charge on any atom is 0.198 e. The molecule has 194 valence electrons. The molecule has 0 radical (unpaired) electrons. The Labute approximate surface area is 207 Å². The van der Waals surface area contributed by atoms with Gasteiger partial charge in [-0.05, 0) is 62.6 Å². The first-order chi connectivity index (χ1) is 16.9. The third-order valence-electron chi connectivity index (χ3n) is 6.67. The Morgan fingerprint density at radius 2 is 1.80 bits per heavy atom. The van der Waals surface area contributed by atoms with Crippen LogP contribution in [0.3, 0.4) is 0 Å². The van der Waals surface area contributed by atoms with Crippen molar-refractivity contribution in [2.75, 3.05) is 19.7 Å². The molecular formula is C26H38NO7P. The molecule has 0 saturated heterocycles. The molecule has 0 spiro atoms. The van der Waals surface area contributed by atoms with E-state index in [-0.39, 0.29) is 25.1 Å². The molecule has 5 N–H and O–H groups in total. The van der Waals surface area contributed by atoms with E-state index in [2.05, 4.69) is 5.32 Å². The number of nitrogens with one attached hydrogen (secondary N) is 1. The second-order valence-corrected chi connectivity index (χ2v) is 10.8. The fourth-order valence-corrected chi connectivity index (χ4v) is 5.94. The summed E-state index contributed by atoms with van der Waals surface area (Å²) in [7, 11) is -2.79. The zero-order valence-corrected chi connectivity index (χ0v) is 21.1. The van der Waals surface area contributed by atoms with Gasteiger partial charge in [0.05, 0.1) is 11.8 Å². The molecule has 0 aromatic heterocycles.